The number of hydrogen-bond donors (Lipinski definition) is 4. The van der Waals surface area contributed by atoms with Gasteiger partial charge < -0.3 is 15.5 Å². The van der Waals surface area contributed by atoms with Crippen molar-refractivity contribution in [3.05, 3.63) is 112 Å². The summed E-state index contributed by atoms with van der Waals surface area (Å²) in [4.78, 5) is 21.9. The van der Waals surface area contributed by atoms with Gasteiger partial charge in [-0.25, -0.2) is 9.97 Å². The summed E-state index contributed by atoms with van der Waals surface area (Å²) in [7, 11) is 0. The van der Waals surface area contributed by atoms with Gasteiger partial charge in [0.05, 0.1) is 40.5 Å². The fraction of sp³-hybridized carbons (Fsp3) is 0.0357. The summed E-state index contributed by atoms with van der Waals surface area (Å²) in [6.45, 7) is 0.140. The van der Waals surface area contributed by atoms with Crippen LogP contribution < -0.4 is 16.5 Å². The first-order valence-electron chi connectivity index (χ1n) is 11.6. The zero-order chi connectivity index (χ0) is 25.4. The summed E-state index contributed by atoms with van der Waals surface area (Å²) in [6.07, 6.45) is 3.05. The van der Waals surface area contributed by atoms with Gasteiger partial charge in [-0.1, -0.05) is 54.6 Å². The van der Waals surface area contributed by atoms with Gasteiger partial charge in [-0.15, -0.1) is 0 Å². The molecule has 37 heavy (non-hydrogen) atoms. The second-order valence-corrected chi connectivity index (χ2v) is 8.47. The van der Waals surface area contributed by atoms with Gasteiger partial charge in [0.2, 0.25) is 5.43 Å². The van der Waals surface area contributed by atoms with Crippen LogP contribution in [0.4, 0.5) is 11.6 Å². The fourth-order valence-electron chi connectivity index (χ4n) is 4.39. The third-order valence-corrected chi connectivity index (χ3v) is 6.21. The molecule has 0 spiro atoms. The summed E-state index contributed by atoms with van der Waals surface area (Å²) in [5.41, 5.74) is 9.75. The van der Waals surface area contributed by atoms with E-state index in [1.807, 2.05) is 60.7 Å². The van der Waals surface area contributed by atoms with E-state index < -0.39 is 0 Å². The van der Waals surface area contributed by atoms with Crippen LogP contribution in [0.1, 0.15) is 16.9 Å². The summed E-state index contributed by atoms with van der Waals surface area (Å²) in [6, 6.07) is 22.1. The van der Waals surface area contributed by atoms with Gasteiger partial charge >= 0.3 is 0 Å². The highest BCUT2D eigenvalue weighted by Gasteiger charge is 2.20. The number of hydrogen-bond acceptors (Lipinski definition) is 8. The number of aromatic amines is 1. The van der Waals surface area contributed by atoms with Gasteiger partial charge in [-0.2, -0.15) is 5.10 Å². The molecular weight excluding hydrogens is 466 g/mol. The van der Waals surface area contributed by atoms with E-state index in [1.54, 1.807) is 18.3 Å². The van der Waals surface area contributed by atoms with E-state index in [9.17, 15) is 4.79 Å². The second-order valence-electron chi connectivity index (χ2n) is 8.47. The number of para-hydroxylation sites is 1. The van der Waals surface area contributed by atoms with Gasteiger partial charge in [0.1, 0.15) is 29.3 Å². The molecular formula is C28H21N7O2. The molecule has 6 aromatic rings. The SMILES string of the molecule is N=C(c1ccc2cn[nH]c2c1)c1c(N)ncnc1NCc1oc2ccccc2c(=O)c1-c1ccccc1. The van der Waals surface area contributed by atoms with Crippen LogP contribution in [0.5, 0.6) is 0 Å². The maximum absolute atomic E-state index is 13.5. The third-order valence-electron chi connectivity index (χ3n) is 6.21. The van der Waals surface area contributed by atoms with Crippen molar-refractivity contribution in [3.8, 4) is 11.1 Å². The maximum Gasteiger partial charge on any atom is 0.200 e. The lowest BCUT2D eigenvalue weighted by molar-refractivity contribution is 0.548. The molecule has 0 amide bonds. The van der Waals surface area contributed by atoms with E-state index in [1.165, 1.54) is 6.33 Å². The van der Waals surface area contributed by atoms with Gasteiger partial charge in [0.25, 0.3) is 0 Å². The van der Waals surface area contributed by atoms with Gasteiger partial charge in [0.15, 0.2) is 0 Å². The Labute approximate surface area is 210 Å². The predicted molar refractivity (Wildman–Crippen MR) is 144 cm³/mol. The van der Waals surface area contributed by atoms with Crippen LogP contribution in [0.25, 0.3) is 33.0 Å². The van der Waals surface area contributed by atoms with Crippen molar-refractivity contribution in [1.29, 1.82) is 5.41 Å². The van der Waals surface area contributed by atoms with E-state index in [0.29, 0.717) is 39.2 Å². The Balaban J connectivity index is 1.41. The normalized spacial score (nSPS) is 11.1. The van der Waals surface area contributed by atoms with Gasteiger partial charge in [-0.05, 0) is 23.8 Å². The quantitative estimate of drug-likeness (QED) is 0.248. The highest BCUT2D eigenvalue weighted by atomic mass is 16.3. The minimum absolute atomic E-state index is 0.118. The number of nitrogens with one attached hydrogen (secondary N) is 3. The molecule has 0 aliphatic rings. The van der Waals surface area contributed by atoms with E-state index in [0.717, 1.165) is 16.5 Å². The number of rotatable bonds is 6. The van der Waals surface area contributed by atoms with E-state index in [-0.39, 0.29) is 23.5 Å². The fourth-order valence-corrected chi connectivity index (χ4v) is 4.39. The van der Waals surface area contributed by atoms with Crippen LogP contribution >= 0.6 is 0 Å². The van der Waals surface area contributed by atoms with E-state index in [4.69, 9.17) is 15.6 Å². The molecule has 6 rings (SSSR count). The summed E-state index contributed by atoms with van der Waals surface area (Å²) < 4.78 is 6.20. The molecule has 0 saturated carbocycles. The average Bonchev–Trinajstić information content (AvgIpc) is 3.40. The van der Waals surface area contributed by atoms with Crippen LogP contribution in [-0.4, -0.2) is 25.9 Å². The van der Waals surface area contributed by atoms with Crippen molar-refractivity contribution in [1.82, 2.24) is 20.2 Å². The Morgan fingerprint density at radius 3 is 2.70 bits per heavy atom. The van der Waals surface area contributed by atoms with Gasteiger partial charge in [-0.3, -0.25) is 15.3 Å². The molecule has 0 saturated heterocycles. The van der Waals surface area contributed by atoms with Crippen molar-refractivity contribution < 1.29 is 4.42 Å². The largest absolute Gasteiger partial charge is 0.458 e. The molecule has 3 aromatic carbocycles. The first-order chi connectivity index (χ1) is 18.1. The van der Waals surface area contributed by atoms with Crippen LogP contribution in [-0.2, 0) is 6.54 Å². The molecule has 0 aliphatic heterocycles. The first kappa shape index (κ1) is 22.2. The molecule has 0 bridgehead atoms. The Bertz CT molecular complexity index is 1840. The van der Waals surface area contributed by atoms with Crippen molar-refractivity contribution in [2.75, 3.05) is 11.1 Å². The monoisotopic (exact) mass is 487 g/mol. The molecule has 0 unspecified atom stereocenters. The number of H-pyrrole nitrogens is 1. The van der Waals surface area contributed by atoms with Crippen LogP contribution in [0, 0.1) is 5.41 Å². The molecule has 5 N–H and O–H groups in total. The smallest absolute Gasteiger partial charge is 0.200 e. The highest BCUT2D eigenvalue weighted by Crippen LogP contribution is 2.27. The minimum atomic E-state index is -0.118. The van der Waals surface area contributed by atoms with E-state index in [2.05, 4.69) is 25.5 Å². The first-order valence-corrected chi connectivity index (χ1v) is 11.6. The third kappa shape index (κ3) is 3.98. The maximum atomic E-state index is 13.5. The predicted octanol–water partition coefficient (Wildman–Crippen LogP) is 4.74. The molecule has 0 radical (unpaired) electrons. The number of nitrogens with zero attached hydrogens (tertiary/aromatic N) is 3. The number of benzene rings is 3. The Hall–Kier alpha value is -5.31. The topological polar surface area (TPSA) is 147 Å². The number of aromatic nitrogens is 4. The molecule has 180 valence electrons. The lowest BCUT2D eigenvalue weighted by Crippen LogP contribution is -2.16. The van der Waals surface area contributed by atoms with Gasteiger partial charge in [0, 0.05) is 10.9 Å². The molecule has 9 heteroatoms. The molecule has 3 aromatic heterocycles. The number of fused-ring (bicyclic) bond motifs is 2. The molecule has 9 nitrogen and oxygen atoms in total. The Morgan fingerprint density at radius 1 is 1.03 bits per heavy atom. The summed E-state index contributed by atoms with van der Waals surface area (Å²) >= 11 is 0. The van der Waals surface area contributed by atoms with Crippen molar-refractivity contribution in [2.24, 2.45) is 0 Å². The number of nitrogen functional groups attached to an aromatic ring is 1. The molecule has 0 fully saturated rings. The van der Waals surface area contributed by atoms with Crippen molar-refractivity contribution in [3.63, 3.8) is 0 Å². The van der Waals surface area contributed by atoms with Crippen LogP contribution in [0.3, 0.4) is 0 Å². The zero-order valence-corrected chi connectivity index (χ0v) is 19.5. The van der Waals surface area contributed by atoms with Crippen LogP contribution in [0.2, 0.25) is 0 Å². The molecule has 3 heterocycles. The standard InChI is InChI=1S/C28H21N7O2/c29-25(17-10-11-18-13-34-35-20(18)12-17)24-27(30)32-15-33-28(24)31-14-22-23(16-6-2-1-3-7-16)26(36)19-8-4-5-9-21(19)37-22/h1-13,15,29H,14H2,(H,34,35)(H3,30,31,32,33). The van der Waals surface area contributed by atoms with E-state index >= 15 is 0 Å². The van der Waals surface area contributed by atoms with Crippen LogP contribution in [0.15, 0.2) is 94.5 Å². The lowest BCUT2D eigenvalue weighted by Gasteiger charge is -2.15. The highest BCUT2D eigenvalue weighted by molar-refractivity contribution is 6.17. The lowest BCUT2D eigenvalue weighted by atomic mass is 10.0. The van der Waals surface area contributed by atoms with Crippen molar-refractivity contribution in [2.45, 2.75) is 6.54 Å². The Morgan fingerprint density at radius 2 is 1.84 bits per heavy atom. The molecule has 0 atom stereocenters. The minimum Gasteiger partial charge on any atom is -0.458 e. The second kappa shape index (κ2) is 9.04. The average molecular weight is 488 g/mol. The van der Waals surface area contributed by atoms with Crippen molar-refractivity contribution >= 4 is 39.2 Å². The molecule has 0 aliphatic carbocycles. The zero-order valence-electron chi connectivity index (χ0n) is 19.5. The Kier molecular flexibility index (Phi) is 5.42. The summed E-state index contributed by atoms with van der Waals surface area (Å²) in [5, 5.41) is 20.5. The number of anilines is 2. The number of nitrogens with two attached hydrogens (primary N) is 1. The summed E-state index contributed by atoms with van der Waals surface area (Å²) in [5.74, 6) is 0.968.